The van der Waals surface area contributed by atoms with Gasteiger partial charge in [0.15, 0.2) is 17.1 Å². The molecule has 5 fully saturated rings. The number of aliphatic hydroxyl groups is 1. The summed E-state index contributed by atoms with van der Waals surface area (Å²) in [6, 6.07) is 0. The van der Waals surface area contributed by atoms with Crippen molar-refractivity contribution >= 4 is 23.4 Å². The van der Waals surface area contributed by atoms with Crippen LogP contribution >= 0.6 is 0 Å². The van der Waals surface area contributed by atoms with E-state index in [-0.39, 0.29) is 55.3 Å². The molecule has 192 valence electrons. The molecule has 2 heterocycles. The number of hydrogen-bond donors (Lipinski definition) is 1. The first-order valence-electron chi connectivity index (χ1n) is 13.0. The molecule has 35 heavy (non-hydrogen) atoms. The summed E-state index contributed by atoms with van der Waals surface area (Å²) in [6.45, 7) is 5.36. The van der Waals surface area contributed by atoms with Crippen molar-refractivity contribution in [1.29, 1.82) is 0 Å². The van der Waals surface area contributed by atoms with Gasteiger partial charge in [-0.3, -0.25) is 24.1 Å². The van der Waals surface area contributed by atoms with E-state index in [4.69, 9.17) is 9.47 Å². The summed E-state index contributed by atoms with van der Waals surface area (Å²) < 4.78 is 11.1. The van der Waals surface area contributed by atoms with Crippen molar-refractivity contribution in [3.05, 3.63) is 11.3 Å². The van der Waals surface area contributed by atoms with Gasteiger partial charge in [-0.15, -0.1) is 0 Å². The van der Waals surface area contributed by atoms with Crippen molar-refractivity contribution in [3.63, 3.8) is 0 Å². The minimum absolute atomic E-state index is 0.0409. The average molecular weight is 488 g/mol. The number of hydrogen-bond acceptors (Lipinski definition) is 7. The Morgan fingerprint density at radius 2 is 1.69 bits per heavy atom. The molecule has 0 radical (unpaired) electrons. The first kappa shape index (κ1) is 24.5. The Bertz CT molecular complexity index is 960. The smallest absolute Gasteiger partial charge is 0.306 e. The fourth-order valence-electron chi connectivity index (χ4n) is 7.98. The van der Waals surface area contributed by atoms with Gasteiger partial charge < -0.3 is 14.6 Å². The van der Waals surface area contributed by atoms with Crippen LogP contribution in [0.4, 0.5) is 0 Å². The largest absolute Gasteiger partial charge is 0.508 e. The minimum atomic E-state index is -1.60. The first-order valence-corrected chi connectivity index (χ1v) is 13.0. The summed E-state index contributed by atoms with van der Waals surface area (Å²) in [4.78, 5) is 52.7. The zero-order valence-corrected chi connectivity index (χ0v) is 21.1. The highest BCUT2D eigenvalue weighted by atomic mass is 16.5. The topological polar surface area (TPSA) is 110 Å². The number of rotatable bonds is 9. The van der Waals surface area contributed by atoms with Gasteiger partial charge in [-0.1, -0.05) is 20.8 Å². The Kier molecular flexibility index (Phi) is 5.89. The zero-order valence-electron chi connectivity index (χ0n) is 21.1. The van der Waals surface area contributed by atoms with Crippen LogP contribution in [0.15, 0.2) is 11.3 Å². The second kappa shape index (κ2) is 8.43. The number of carbonyl (C=O) groups is 4. The van der Waals surface area contributed by atoms with E-state index in [1.54, 1.807) is 20.8 Å². The van der Waals surface area contributed by atoms with Gasteiger partial charge in [-0.05, 0) is 61.7 Å². The molecule has 4 bridgehead atoms. The van der Waals surface area contributed by atoms with Crippen molar-refractivity contribution in [2.24, 2.45) is 28.6 Å². The lowest BCUT2D eigenvalue weighted by atomic mass is 9.50. The molecule has 4 aliphatic carbocycles. The van der Waals surface area contributed by atoms with Gasteiger partial charge in [0.1, 0.15) is 18.1 Å². The van der Waals surface area contributed by atoms with Crippen LogP contribution in [0.2, 0.25) is 0 Å². The number of ketones is 2. The fourth-order valence-corrected chi connectivity index (χ4v) is 7.98. The van der Waals surface area contributed by atoms with Gasteiger partial charge >= 0.3 is 5.97 Å². The van der Waals surface area contributed by atoms with Gasteiger partial charge in [0.2, 0.25) is 0 Å². The van der Waals surface area contributed by atoms with E-state index in [0.29, 0.717) is 6.61 Å². The Morgan fingerprint density at radius 1 is 1.09 bits per heavy atom. The molecule has 0 aromatic rings. The molecule has 0 spiro atoms. The third kappa shape index (κ3) is 4.02. The van der Waals surface area contributed by atoms with Crippen LogP contribution in [0.1, 0.15) is 78.6 Å². The van der Waals surface area contributed by atoms with E-state index in [1.165, 1.54) is 19.3 Å². The number of esters is 1. The summed E-state index contributed by atoms with van der Waals surface area (Å²) in [5.74, 6) is -0.127. The van der Waals surface area contributed by atoms with Crippen LogP contribution in [-0.4, -0.2) is 58.9 Å². The van der Waals surface area contributed by atoms with Crippen molar-refractivity contribution in [2.45, 2.75) is 84.1 Å². The summed E-state index contributed by atoms with van der Waals surface area (Å²) in [6.07, 6.45) is 7.48. The molecule has 1 N–H and O–H groups in total. The normalized spacial score (nSPS) is 35.6. The van der Waals surface area contributed by atoms with Crippen molar-refractivity contribution in [2.75, 3.05) is 19.9 Å². The summed E-state index contributed by atoms with van der Waals surface area (Å²) in [5, 5.41) is 10.9. The molecule has 0 unspecified atom stereocenters. The number of Topliss-reactive ketones (excluding diaryl/α,β-unsaturated/α-hetero) is 2. The quantitative estimate of drug-likeness (QED) is 0.392. The monoisotopic (exact) mass is 487 g/mol. The van der Waals surface area contributed by atoms with Gasteiger partial charge in [0, 0.05) is 18.3 Å². The first-order chi connectivity index (χ1) is 16.5. The molecular weight excluding hydrogens is 450 g/mol. The van der Waals surface area contributed by atoms with E-state index < -0.39 is 28.4 Å². The fraction of sp³-hybridized carbons (Fsp3) is 0.778. The standard InChI is InChI=1S/C27H37NO7/c1-4-20(30)27-14-34-15-28(27)24(33)22(23(27)32)19(29)11-25(2,3)12-21(31)35-13-26-8-16-5-17(9-26)7-18(6-16)10-26/h16-18,32H,4-15H2,1-3H3/t16?,17?,18?,26?,27-/m0/s1. The average Bonchev–Trinajstić information content (AvgIpc) is 3.29. The molecule has 1 saturated heterocycles. The predicted octanol–water partition coefficient (Wildman–Crippen LogP) is 3.48. The molecule has 0 aromatic heterocycles. The van der Waals surface area contributed by atoms with Gasteiger partial charge in [0.05, 0.1) is 19.6 Å². The van der Waals surface area contributed by atoms with E-state index in [2.05, 4.69) is 0 Å². The van der Waals surface area contributed by atoms with Gasteiger partial charge in [-0.2, -0.15) is 0 Å². The minimum Gasteiger partial charge on any atom is -0.508 e. The van der Waals surface area contributed by atoms with E-state index in [9.17, 15) is 24.3 Å². The number of carbonyl (C=O) groups excluding carboxylic acids is 4. The SMILES string of the molecule is CCC(=O)[C@]12COCN1C(=O)C(C(=O)CC(C)(C)CC(=O)OCC13CC4CC(CC(C4)C1)C3)=C2O. The highest BCUT2D eigenvalue weighted by molar-refractivity contribution is 6.24. The van der Waals surface area contributed by atoms with Gasteiger partial charge in [-0.25, -0.2) is 0 Å². The van der Waals surface area contributed by atoms with Crippen molar-refractivity contribution in [3.8, 4) is 0 Å². The lowest BCUT2D eigenvalue weighted by molar-refractivity contribution is -0.157. The predicted molar refractivity (Wildman–Crippen MR) is 125 cm³/mol. The highest BCUT2D eigenvalue weighted by Gasteiger charge is 2.61. The summed E-state index contributed by atoms with van der Waals surface area (Å²) in [7, 11) is 0. The van der Waals surface area contributed by atoms with E-state index >= 15 is 0 Å². The maximum atomic E-state index is 13.2. The van der Waals surface area contributed by atoms with Crippen LogP contribution in [-0.2, 0) is 28.7 Å². The van der Waals surface area contributed by atoms with Crippen LogP contribution < -0.4 is 0 Å². The highest BCUT2D eigenvalue weighted by Crippen LogP contribution is 2.60. The van der Waals surface area contributed by atoms with Crippen LogP contribution in [0.3, 0.4) is 0 Å². The number of aliphatic hydroxyl groups excluding tert-OH is 1. The number of amides is 1. The Labute approximate surface area is 206 Å². The van der Waals surface area contributed by atoms with Crippen molar-refractivity contribution < 1.29 is 33.8 Å². The Balaban J connectivity index is 1.22. The molecular formula is C27H37NO7. The lowest BCUT2D eigenvalue weighted by Gasteiger charge is -2.56. The third-order valence-corrected chi connectivity index (χ3v) is 9.11. The van der Waals surface area contributed by atoms with E-state index in [1.807, 2.05) is 0 Å². The Morgan fingerprint density at radius 3 is 2.26 bits per heavy atom. The third-order valence-electron chi connectivity index (χ3n) is 9.11. The number of nitrogens with zero attached hydrogens (tertiary/aromatic N) is 1. The van der Waals surface area contributed by atoms with Crippen molar-refractivity contribution in [1.82, 2.24) is 4.90 Å². The van der Waals surface area contributed by atoms with Gasteiger partial charge in [0.25, 0.3) is 5.91 Å². The molecule has 4 saturated carbocycles. The molecule has 6 aliphatic rings. The summed E-state index contributed by atoms with van der Waals surface area (Å²) >= 11 is 0. The molecule has 8 nitrogen and oxygen atoms in total. The lowest BCUT2D eigenvalue weighted by Crippen LogP contribution is -2.51. The molecule has 1 amide bonds. The molecule has 6 rings (SSSR count). The van der Waals surface area contributed by atoms with Crippen LogP contribution in [0, 0.1) is 28.6 Å². The van der Waals surface area contributed by atoms with Crippen LogP contribution in [0.25, 0.3) is 0 Å². The van der Waals surface area contributed by atoms with Crippen LogP contribution in [0.5, 0.6) is 0 Å². The molecule has 1 atom stereocenters. The summed E-state index contributed by atoms with van der Waals surface area (Å²) in [5.41, 5.74) is -2.59. The second-order valence-corrected chi connectivity index (χ2v) is 12.6. The Hall–Kier alpha value is -2.22. The molecule has 8 heteroatoms. The molecule has 2 aliphatic heterocycles. The number of ether oxygens (including phenoxy) is 2. The second-order valence-electron chi connectivity index (χ2n) is 12.6. The zero-order chi connectivity index (χ0) is 25.2. The molecule has 0 aromatic carbocycles. The van der Waals surface area contributed by atoms with E-state index in [0.717, 1.165) is 41.9 Å². The maximum absolute atomic E-state index is 13.2. The maximum Gasteiger partial charge on any atom is 0.306 e. The number of fused-ring (bicyclic) bond motifs is 1.